The van der Waals surface area contributed by atoms with Gasteiger partial charge in [0.25, 0.3) is 0 Å². The smallest absolute Gasteiger partial charge is 0.326 e. The van der Waals surface area contributed by atoms with Crippen molar-refractivity contribution in [2.75, 3.05) is 26.7 Å². The van der Waals surface area contributed by atoms with E-state index in [9.17, 15) is 14.4 Å². The summed E-state index contributed by atoms with van der Waals surface area (Å²) in [6.45, 7) is 1.44. The van der Waals surface area contributed by atoms with Gasteiger partial charge in [-0.15, -0.1) is 0 Å². The Morgan fingerprint density at radius 2 is 1.75 bits per heavy atom. The van der Waals surface area contributed by atoms with Crippen LogP contribution in [-0.2, 0) is 14.3 Å². The molecule has 0 unspecified atom stereocenters. The summed E-state index contributed by atoms with van der Waals surface area (Å²) in [7, 11) is 1.36. The molecule has 0 bridgehead atoms. The Balaban J connectivity index is 1.91. The van der Waals surface area contributed by atoms with Crippen molar-refractivity contribution in [3.05, 3.63) is 0 Å². The molecule has 1 N–H and O–H groups in total. The lowest BCUT2D eigenvalue weighted by Gasteiger charge is -2.34. The van der Waals surface area contributed by atoms with Crippen LogP contribution >= 0.6 is 0 Å². The number of amides is 2. The summed E-state index contributed by atoms with van der Waals surface area (Å²) in [4.78, 5) is 37.9. The number of methoxy groups -OCH3 is 1. The van der Waals surface area contributed by atoms with Gasteiger partial charge in [-0.1, -0.05) is 0 Å². The summed E-state index contributed by atoms with van der Waals surface area (Å²) in [6.07, 6.45) is 2.38. The molecule has 0 saturated carbocycles. The Bertz CT molecular complexity index is 404. The maximum atomic E-state index is 12.3. The molecule has 2 aliphatic heterocycles. The molecule has 7 nitrogen and oxygen atoms in total. The third-order valence-electron chi connectivity index (χ3n) is 4.08. The van der Waals surface area contributed by atoms with Crippen LogP contribution in [0.3, 0.4) is 0 Å². The molecular formula is C13H20N2O5. The summed E-state index contributed by atoms with van der Waals surface area (Å²) < 4.78 is 4.70. The van der Waals surface area contributed by atoms with Gasteiger partial charge in [0.15, 0.2) is 0 Å². The number of likely N-dealkylation sites (tertiary alicyclic amines) is 2. The van der Waals surface area contributed by atoms with E-state index in [0.717, 1.165) is 6.42 Å². The fraction of sp³-hybridized carbons (Fsp3) is 0.769. The van der Waals surface area contributed by atoms with Gasteiger partial charge in [0, 0.05) is 19.6 Å². The highest BCUT2D eigenvalue weighted by Crippen LogP contribution is 2.23. The van der Waals surface area contributed by atoms with Crippen LogP contribution in [0.1, 0.15) is 25.7 Å². The molecule has 0 aliphatic carbocycles. The summed E-state index contributed by atoms with van der Waals surface area (Å²) in [5.74, 6) is -1.33. The molecule has 7 heteroatoms. The number of piperidine rings is 1. The SMILES string of the molecule is COC(=O)C1CCN(C(=O)N2CCC[C@H]2C(=O)O)CC1. The van der Waals surface area contributed by atoms with Gasteiger partial charge in [-0.05, 0) is 25.7 Å². The van der Waals surface area contributed by atoms with Crippen LogP contribution in [0.15, 0.2) is 0 Å². The van der Waals surface area contributed by atoms with Crippen LogP contribution in [0.5, 0.6) is 0 Å². The molecule has 2 fully saturated rings. The largest absolute Gasteiger partial charge is 0.480 e. The van der Waals surface area contributed by atoms with E-state index >= 15 is 0 Å². The maximum absolute atomic E-state index is 12.3. The van der Waals surface area contributed by atoms with Gasteiger partial charge in [-0.25, -0.2) is 9.59 Å². The zero-order valence-electron chi connectivity index (χ0n) is 11.6. The second kappa shape index (κ2) is 6.11. The van der Waals surface area contributed by atoms with Crippen molar-refractivity contribution in [2.24, 2.45) is 5.92 Å². The van der Waals surface area contributed by atoms with Crippen molar-refractivity contribution in [3.63, 3.8) is 0 Å². The molecule has 112 valence electrons. The molecule has 2 heterocycles. The zero-order valence-corrected chi connectivity index (χ0v) is 11.6. The van der Waals surface area contributed by atoms with Crippen LogP contribution in [0, 0.1) is 5.92 Å². The average Bonchev–Trinajstić information content (AvgIpc) is 2.95. The van der Waals surface area contributed by atoms with E-state index in [2.05, 4.69) is 0 Å². The first kappa shape index (κ1) is 14.6. The molecule has 0 aromatic heterocycles. The molecule has 2 amide bonds. The molecule has 2 aliphatic rings. The molecule has 1 atom stereocenters. The highest BCUT2D eigenvalue weighted by Gasteiger charge is 2.37. The fourth-order valence-electron chi connectivity index (χ4n) is 2.91. The number of nitrogens with zero attached hydrogens (tertiary/aromatic N) is 2. The van der Waals surface area contributed by atoms with Crippen LogP contribution < -0.4 is 0 Å². The maximum Gasteiger partial charge on any atom is 0.326 e. The van der Waals surface area contributed by atoms with E-state index in [0.29, 0.717) is 38.9 Å². The highest BCUT2D eigenvalue weighted by atomic mass is 16.5. The van der Waals surface area contributed by atoms with Gasteiger partial charge in [0.2, 0.25) is 0 Å². The van der Waals surface area contributed by atoms with E-state index in [1.165, 1.54) is 12.0 Å². The lowest BCUT2D eigenvalue weighted by atomic mass is 9.97. The lowest BCUT2D eigenvalue weighted by Crippen LogP contribution is -2.50. The molecule has 0 spiro atoms. The third-order valence-corrected chi connectivity index (χ3v) is 4.08. The number of ether oxygens (including phenoxy) is 1. The predicted molar refractivity (Wildman–Crippen MR) is 69.1 cm³/mol. The number of urea groups is 1. The Morgan fingerprint density at radius 3 is 2.30 bits per heavy atom. The highest BCUT2D eigenvalue weighted by molar-refractivity contribution is 5.83. The number of carboxylic acids is 1. The number of carbonyl (C=O) groups excluding carboxylic acids is 2. The number of esters is 1. The number of carbonyl (C=O) groups is 3. The summed E-state index contributed by atoms with van der Waals surface area (Å²) in [6, 6.07) is -0.931. The van der Waals surface area contributed by atoms with Crippen molar-refractivity contribution in [1.82, 2.24) is 9.80 Å². The number of rotatable bonds is 2. The van der Waals surface area contributed by atoms with Gasteiger partial charge in [-0.2, -0.15) is 0 Å². The van der Waals surface area contributed by atoms with Crippen LogP contribution in [0.4, 0.5) is 4.79 Å². The minimum atomic E-state index is -0.944. The minimum absolute atomic E-state index is 0.155. The number of hydrogen-bond acceptors (Lipinski definition) is 4. The predicted octanol–water partition coefficient (Wildman–Crippen LogP) is 0.540. The Hall–Kier alpha value is -1.79. The van der Waals surface area contributed by atoms with Crippen LogP contribution in [0.25, 0.3) is 0 Å². The average molecular weight is 284 g/mol. The van der Waals surface area contributed by atoms with Gasteiger partial charge < -0.3 is 19.6 Å². The van der Waals surface area contributed by atoms with Crippen molar-refractivity contribution in [3.8, 4) is 0 Å². The molecule has 0 aromatic rings. The third kappa shape index (κ3) is 2.86. The monoisotopic (exact) mass is 284 g/mol. The van der Waals surface area contributed by atoms with E-state index < -0.39 is 12.0 Å². The van der Waals surface area contributed by atoms with E-state index in [1.807, 2.05) is 0 Å². The Labute approximate surface area is 117 Å². The minimum Gasteiger partial charge on any atom is -0.480 e. The molecular weight excluding hydrogens is 264 g/mol. The molecule has 2 saturated heterocycles. The first-order valence-electron chi connectivity index (χ1n) is 6.90. The topological polar surface area (TPSA) is 87.2 Å². The van der Waals surface area contributed by atoms with Crippen molar-refractivity contribution < 1.29 is 24.2 Å². The second-order valence-corrected chi connectivity index (χ2v) is 5.26. The molecule has 20 heavy (non-hydrogen) atoms. The lowest BCUT2D eigenvalue weighted by molar-refractivity contribution is -0.146. The fourth-order valence-corrected chi connectivity index (χ4v) is 2.91. The van der Waals surface area contributed by atoms with Crippen LogP contribution in [-0.4, -0.2) is 65.7 Å². The first-order chi connectivity index (χ1) is 9.54. The number of aliphatic carboxylic acids is 1. The van der Waals surface area contributed by atoms with Crippen molar-refractivity contribution >= 4 is 18.0 Å². The Kier molecular flexibility index (Phi) is 4.46. The zero-order chi connectivity index (χ0) is 14.7. The standard InChI is InChI=1S/C13H20N2O5/c1-20-12(18)9-4-7-14(8-5-9)13(19)15-6-2-3-10(15)11(16)17/h9-10H,2-8H2,1H3,(H,16,17)/t10-/m0/s1. The van der Waals surface area contributed by atoms with E-state index in [1.54, 1.807) is 4.90 Å². The van der Waals surface area contributed by atoms with E-state index in [4.69, 9.17) is 9.84 Å². The summed E-state index contributed by atoms with van der Waals surface area (Å²) in [5, 5.41) is 9.10. The van der Waals surface area contributed by atoms with Crippen molar-refractivity contribution in [2.45, 2.75) is 31.7 Å². The molecule has 0 radical (unpaired) electrons. The Morgan fingerprint density at radius 1 is 1.10 bits per heavy atom. The van der Waals surface area contributed by atoms with Gasteiger partial charge in [-0.3, -0.25) is 4.79 Å². The number of hydrogen-bond donors (Lipinski definition) is 1. The number of carboxylic acid groups (broad SMARTS) is 1. The second-order valence-electron chi connectivity index (χ2n) is 5.26. The summed E-state index contributed by atoms with van der Waals surface area (Å²) >= 11 is 0. The van der Waals surface area contributed by atoms with Crippen molar-refractivity contribution in [1.29, 1.82) is 0 Å². The normalized spacial score (nSPS) is 23.8. The van der Waals surface area contributed by atoms with Gasteiger partial charge >= 0.3 is 18.0 Å². The molecule has 2 rings (SSSR count). The van der Waals surface area contributed by atoms with Crippen LogP contribution in [0.2, 0.25) is 0 Å². The summed E-state index contributed by atoms with van der Waals surface area (Å²) in [5.41, 5.74) is 0. The van der Waals surface area contributed by atoms with E-state index in [-0.39, 0.29) is 17.9 Å². The molecule has 0 aromatic carbocycles. The van der Waals surface area contributed by atoms with Gasteiger partial charge in [0.05, 0.1) is 13.0 Å². The van der Waals surface area contributed by atoms with Gasteiger partial charge in [0.1, 0.15) is 6.04 Å². The first-order valence-corrected chi connectivity index (χ1v) is 6.90. The quantitative estimate of drug-likeness (QED) is 0.748.